The van der Waals surface area contributed by atoms with Crippen molar-refractivity contribution in [2.75, 3.05) is 17.3 Å². The maximum absolute atomic E-state index is 12.6. The Morgan fingerprint density at radius 3 is 2.72 bits per heavy atom. The molecule has 1 aliphatic heterocycles. The number of aryl methyl sites for hydroxylation is 1. The van der Waals surface area contributed by atoms with Crippen LogP contribution in [0.15, 0.2) is 42.0 Å². The van der Waals surface area contributed by atoms with Gasteiger partial charge in [-0.2, -0.15) is 5.26 Å². The summed E-state index contributed by atoms with van der Waals surface area (Å²) in [4.78, 5) is 14.9. The highest BCUT2D eigenvalue weighted by Crippen LogP contribution is 2.43. The highest BCUT2D eigenvalue weighted by Gasteiger charge is 2.34. The first-order valence-electron chi connectivity index (χ1n) is 9.69. The van der Waals surface area contributed by atoms with Crippen molar-refractivity contribution in [3.05, 3.63) is 63.7 Å². The molecule has 0 unspecified atom stereocenters. The number of rotatable bonds is 3. The normalized spacial score (nSPS) is 18.0. The van der Waals surface area contributed by atoms with Crippen LogP contribution in [-0.4, -0.2) is 18.5 Å². The summed E-state index contributed by atoms with van der Waals surface area (Å²) in [6, 6.07) is 13.2. The number of benzene rings is 2. The maximum atomic E-state index is 12.6. The third kappa shape index (κ3) is 4.31. The lowest BCUT2D eigenvalue weighted by molar-refractivity contribution is -0.112. The molecule has 0 saturated carbocycles. The van der Waals surface area contributed by atoms with E-state index in [2.05, 4.69) is 50.2 Å². The number of nitrogens with zero attached hydrogens (tertiary/aromatic N) is 2. The molecule has 4 nitrogen and oxygen atoms in total. The zero-order valence-corrected chi connectivity index (χ0v) is 18.3. The van der Waals surface area contributed by atoms with E-state index in [4.69, 9.17) is 11.6 Å². The van der Waals surface area contributed by atoms with E-state index >= 15 is 0 Å². The number of nitriles is 1. The summed E-state index contributed by atoms with van der Waals surface area (Å²) in [6.07, 6.45) is 2.71. The van der Waals surface area contributed by atoms with Gasteiger partial charge in [0.05, 0.1) is 0 Å². The van der Waals surface area contributed by atoms with Gasteiger partial charge in [0.15, 0.2) is 0 Å². The number of halogens is 1. The number of hydrogen-bond donors (Lipinski definition) is 1. The van der Waals surface area contributed by atoms with Crippen LogP contribution >= 0.6 is 11.6 Å². The number of anilines is 2. The molecule has 1 heterocycles. The van der Waals surface area contributed by atoms with E-state index in [1.165, 1.54) is 11.3 Å². The molecule has 0 radical (unpaired) electrons. The van der Waals surface area contributed by atoms with Crippen molar-refractivity contribution in [1.29, 1.82) is 5.26 Å². The van der Waals surface area contributed by atoms with E-state index in [1.54, 1.807) is 30.3 Å². The van der Waals surface area contributed by atoms with Crippen LogP contribution in [0.1, 0.15) is 49.8 Å². The maximum Gasteiger partial charge on any atom is 0.266 e. The van der Waals surface area contributed by atoms with Crippen molar-refractivity contribution >= 4 is 35.0 Å². The van der Waals surface area contributed by atoms with Crippen molar-refractivity contribution in [1.82, 2.24) is 0 Å². The molecule has 1 aliphatic rings. The predicted octanol–water partition coefficient (Wildman–Crippen LogP) is 5.92. The van der Waals surface area contributed by atoms with Crippen LogP contribution in [0.2, 0.25) is 5.02 Å². The molecule has 3 rings (SSSR count). The monoisotopic (exact) mass is 407 g/mol. The molecule has 1 amide bonds. The zero-order chi connectivity index (χ0) is 21.3. The molecular formula is C24H26ClN3O. The first-order chi connectivity index (χ1) is 13.6. The molecule has 0 aliphatic carbocycles. The molecule has 150 valence electrons. The Kier molecular flexibility index (Phi) is 5.73. The summed E-state index contributed by atoms with van der Waals surface area (Å²) in [5.74, 6) is -0.0482. The van der Waals surface area contributed by atoms with Crippen molar-refractivity contribution in [2.24, 2.45) is 0 Å². The standard InChI is InChI=1S/C24H26ClN3O/c1-15-9-22-21(16(2)13-24(3,4)28(22)5)11-17(15)10-18(14-26)23(29)27-20-8-6-7-19(25)12-20/h6-12,16H,13H2,1-5H3,(H,27,29)/b18-10-/t16-/m0/s1. The fourth-order valence-corrected chi connectivity index (χ4v) is 4.15. The van der Waals surface area contributed by atoms with E-state index in [-0.39, 0.29) is 11.1 Å². The second-order valence-corrected chi connectivity index (χ2v) is 8.81. The Hall–Kier alpha value is -2.77. The minimum atomic E-state index is -0.446. The minimum Gasteiger partial charge on any atom is -0.369 e. The second kappa shape index (κ2) is 7.93. The summed E-state index contributed by atoms with van der Waals surface area (Å²) < 4.78 is 0. The van der Waals surface area contributed by atoms with Gasteiger partial charge < -0.3 is 10.2 Å². The molecule has 1 atom stereocenters. The number of fused-ring (bicyclic) bond motifs is 1. The first-order valence-corrected chi connectivity index (χ1v) is 10.1. The Morgan fingerprint density at radius 1 is 1.34 bits per heavy atom. The number of amides is 1. The molecule has 2 aromatic rings. The molecule has 0 saturated heterocycles. The second-order valence-electron chi connectivity index (χ2n) is 8.38. The Balaban J connectivity index is 1.95. The van der Waals surface area contributed by atoms with Gasteiger partial charge in [0, 0.05) is 29.0 Å². The Labute approximate surface area is 177 Å². The fourth-order valence-electron chi connectivity index (χ4n) is 3.96. The van der Waals surface area contributed by atoms with Crippen LogP contribution < -0.4 is 10.2 Å². The van der Waals surface area contributed by atoms with Crippen molar-refractivity contribution in [2.45, 2.75) is 45.6 Å². The topological polar surface area (TPSA) is 56.1 Å². The van der Waals surface area contributed by atoms with E-state index in [0.29, 0.717) is 16.6 Å². The SMILES string of the molecule is Cc1cc2c(cc1/C=C(/C#N)C(=O)Nc1cccc(Cl)c1)[C@@H](C)CC(C)(C)N2C. The third-order valence-electron chi connectivity index (χ3n) is 5.77. The van der Waals surface area contributed by atoms with Gasteiger partial charge in [-0.15, -0.1) is 0 Å². The highest BCUT2D eigenvalue weighted by molar-refractivity contribution is 6.31. The van der Waals surface area contributed by atoms with Gasteiger partial charge in [-0.05, 0) is 86.2 Å². The van der Waals surface area contributed by atoms with Gasteiger partial charge in [0.2, 0.25) is 0 Å². The zero-order valence-electron chi connectivity index (χ0n) is 17.5. The number of nitrogens with one attached hydrogen (secondary N) is 1. The number of carbonyl (C=O) groups is 1. The number of hydrogen-bond acceptors (Lipinski definition) is 3. The van der Waals surface area contributed by atoms with Crippen molar-refractivity contribution < 1.29 is 4.79 Å². The molecule has 0 spiro atoms. The van der Waals surface area contributed by atoms with Gasteiger partial charge >= 0.3 is 0 Å². The smallest absolute Gasteiger partial charge is 0.266 e. The molecule has 0 aromatic heterocycles. The minimum absolute atomic E-state index is 0.0603. The van der Waals surface area contributed by atoms with Crippen LogP contribution in [-0.2, 0) is 4.79 Å². The van der Waals surface area contributed by atoms with Crippen LogP contribution in [0, 0.1) is 18.3 Å². The van der Waals surface area contributed by atoms with Crippen molar-refractivity contribution in [3.63, 3.8) is 0 Å². The lowest BCUT2D eigenvalue weighted by Crippen LogP contribution is -2.45. The summed E-state index contributed by atoms with van der Waals surface area (Å²) in [5.41, 5.74) is 5.09. The largest absolute Gasteiger partial charge is 0.369 e. The first kappa shape index (κ1) is 21.0. The van der Waals surface area contributed by atoms with Gasteiger partial charge in [-0.1, -0.05) is 24.6 Å². The van der Waals surface area contributed by atoms with Crippen molar-refractivity contribution in [3.8, 4) is 6.07 Å². The predicted molar refractivity (Wildman–Crippen MR) is 120 cm³/mol. The van der Waals surface area contributed by atoms with E-state index in [0.717, 1.165) is 17.5 Å². The molecule has 0 fully saturated rings. The average Bonchev–Trinajstić information content (AvgIpc) is 2.64. The van der Waals surface area contributed by atoms with Crippen LogP contribution in [0.4, 0.5) is 11.4 Å². The average molecular weight is 408 g/mol. The van der Waals surface area contributed by atoms with Gasteiger partial charge in [-0.25, -0.2) is 0 Å². The fraction of sp³-hybridized carbons (Fsp3) is 0.333. The summed E-state index contributed by atoms with van der Waals surface area (Å²) in [5, 5.41) is 12.8. The van der Waals surface area contributed by atoms with E-state index < -0.39 is 5.91 Å². The lowest BCUT2D eigenvalue weighted by atomic mass is 9.79. The lowest BCUT2D eigenvalue weighted by Gasteiger charge is -2.45. The van der Waals surface area contributed by atoms with Crippen LogP contribution in [0.5, 0.6) is 0 Å². The van der Waals surface area contributed by atoms with Gasteiger partial charge in [0.25, 0.3) is 5.91 Å². The molecule has 0 bridgehead atoms. The molecule has 5 heteroatoms. The van der Waals surface area contributed by atoms with Gasteiger partial charge in [-0.3, -0.25) is 4.79 Å². The van der Waals surface area contributed by atoms with Crippen LogP contribution in [0.3, 0.4) is 0 Å². The third-order valence-corrected chi connectivity index (χ3v) is 6.00. The summed E-state index contributed by atoms with van der Waals surface area (Å²) in [7, 11) is 2.12. The summed E-state index contributed by atoms with van der Waals surface area (Å²) in [6.45, 7) is 8.75. The quantitative estimate of drug-likeness (QED) is 0.507. The molecule has 2 aromatic carbocycles. The Morgan fingerprint density at radius 2 is 2.07 bits per heavy atom. The van der Waals surface area contributed by atoms with E-state index in [9.17, 15) is 10.1 Å². The highest BCUT2D eigenvalue weighted by atomic mass is 35.5. The molecular weight excluding hydrogens is 382 g/mol. The number of carbonyl (C=O) groups excluding carboxylic acids is 1. The van der Waals surface area contributed by atoms with Gasteiger partial charge in [0.1, 0.15) is 11.6 Å². The van der Waals surface area contributed by atoms with Crippen LogP contribution in [0.25, 0.3) is 6.08 Å². The Bertz CT molecular complexity index is 1030. The van der Waals surface area contributed by atoms with E-state index in [1.807, 2.05) is 13.0 Å². The molecule has 29 heavy (non-hydrogen) atoms. The molecule has 1 N–H and O–H groups in total. The summed E-state index contributed by atoms with van der Waals surface area (Å²) >= 11 is 5.97.